The maximum Gasteiger partial charge on any atom is 0.0714 e. The number of hydrogen-bond donors (Lipinski definition) is 2. The smallest absolute Gasteiger partial charge is 0.0714 e. The number of nitrogen functional groups attached to an aromatic ring is 1. The fourth-order valence-corrected chi connectivity index (χ4v) is 18.5. The van der Waals surface area contributed by atoms with E-state index < -0.39 is 10.8 Å². The Kier molecular flexibility index (Phi) is 15.8. The zero-order chi connectivity index (χ0) is 69.0. The maximum atomic E-state index is 6.24. The number of nitrogens with two attached hydrogens (primary N) is 1. The number of hydrogen-bond acceptors (Lipinski definition) is 2. The van der Waals surface area contributed by atoms with Crippen LogP contribution in [0.5, 0.6) is 0 Å². The zero-order valence-electron chi connectivity index (χ0n) is 56.7. The number of benzene rings is 16. The van der Waals surface area contributed by atoms with E-state index in [1.54, 1.807) is 0 Å². The molecule has 0 radical (unpaired) electrons. The van der Waals surface area contributed by atoms with E-state index in [-0.39, 0.29) is 10.8 Å². The monoisotopic (exact) mass is 1380 g/mol. The molecule has 20 rings (SSSR count). The molecule has 4 aliphatic rings. The molecule has 0 saturated heterocycles. The first-order valence-electron chi connectivity index (χ1n) is 35.5. The van der Waals surface area contributed by atoms with E-state index in [1.165, 1.54) is 134 Å². The van der Waals surface area contributed by atoms with Crippen LogP contribution in [0.1, 0.15) is 89.0 Å². The average molecular weight is 1380 g/mol. The third-order valence-electron chi connectivity index (χ3n) is 22.1. The van der Waals surface area contributed by atoms with Gasteiger partial charge in [0.05, 0.1) is 21.7 Å². The predicted molar refractivity (Wildman–Crippen MR) is 430 cm³/mol. The highest BCUT2D eigenvalue weighted by molar-refractivity contribution is 9.10. The van der Waals surface area contributed by atoms with Gasteiger partial charge in [0.15, 0.2) is 0 Å². The van der Waals surface area contributed by atoms with Gasteiger partial charge in [-0.3, -0.25) is 0 Å². The van der Waals surface area contributed by atoms with Crippen molar-refractivity contribution in [2.45, 2.75) is 21.7 Å². The molecule has 16 aromatic carbocycles. The van der Waals surface area contributed by atoms with Crippen molar-refractivity contribution in [3.05, 3.63) is 506 Å². The molecule has 488 valence electrons. The molecule has 0 saturated carbocycles. The molecule has 0 unspecified atom stereocenters. The molecule has 0 amide bonds. The number of fused-ring (bicyclic) bond motifs is 12. The highest BCUT2D eigenvalue weighted by Gasteiger charge is 2.50. The Labute approximate surface area is 611 Å². The van der Waals surface area contributed by atoms with Crippen LogP contribution < -0.4 is 11.1 Å². The molecule has 0 fully saturated rings. The van der Waals surface area contributed by atoms with Crippen molar-refractivity contribution in [3.8, 4) is 44.5 Å². The van der Waals surface area contributed by atoms with Crippen LogP contribution in [0, 0.1) is 0 Å². The van der Waals surface area contributed by atoms with Gasteiger partial charge in [-0.05, 0) is 182 Å². The van der Waals surface area contributed by atoms with Crippen LogP contribution in [0.4, 0.5) is 17.1 Å². The standard InChI is InChI=1S/C50H35N.C25H17Br.C25H19N/c1-5-17-35(18-6-1)49(36-19-7-2-8-20-36)45-27-15-13-25-41(45)43-31-29-39(33-47(43)49)51-40-30-32-44-42-26-14-16-28-46(42)50(48(44)34-40,37-21-9-3-10-22-37)38-23-11-4-12-24-38;2*26-20-15-16-22-21-13-7-8-14-23(21)25(24(22)17-20,18-9-3-1-4-10-18)19-11-5-2-6-12-19/h1-34,51H;1-17H;1-17H,26H2. The molecule has 0 heterocycles. The third-order valence-corrected chi connectivity index (χ3v) is 22.6. The van der Waals surface area contributed by atoms with Crippen LogP contribution in [0.25, 0.3) is 44.5 Å². The van der Waals surface area contributed by atoms with Gasteiger partial charge in [0, 0.05) is 21.5 Å². The summed E-state index contributed by atoms with van der Waals surface area (Å²) in [5.41, 5.74) is 38.7. The molecule has 3 N–H and O–H groups in total. The summed E-state index contributed by atoms with van der Waals surface area (Å²) in [6, 6.07) is 150. The second-order valence-electron chi connectivity index (χ2n) is 27.3. The Bertz CT molecular complexity index is 5270. The second kappa shape index (κ2) is 26.0. The highest BCUT2D eigenvalue weighted by Crippen LogP contribution is 2.61. The number of anilines is 3. The second-order valence-corrected chi connectivity index (χ2v) is 28.2. The van der Waals surface area contributed by atoms with Crippen LogP contribution in [0.2, 0.25) is 0 Å². The van der Waals surface area contributed by atoms with E-state index in [2.05, 4.69) is 428 Å². The van der Waals surface area contributed by atoms with Gasteiger partial charge in [-0.25, -0.2) is 0 Å². The first kappa shape index (κ1) is 62.8. The van der Waals surface area contributed by atoms with Crippen molar-refractivity contribution in [1.29, 1.82) is 0 Å². The van der Waals surface area contributed by atoms with Crippen LogP contribution in [-0.4, -0.2) is 0 Å². The predicted octanol–water partition coefficient (Wildman–Crippen LogP) is 24.6. The molecule has 0 aromatic heterocycles. The van der Waals surface area contributed by atoms with Gasteiger partial charge >= 0.3 is 0 Å². The van der Waals surface area contributed by atoms with Gasteiger partial charge in [-0.1, -0.05) is 380 Å². The van der Waals surface area contributed by atoms with E-state index >= 15 is 0 Å². The van der Waals surface area contributed by atoms with Gasteiger partial charge in [-0.15, -0.1) is 0 Å². The largest absolute Gasteiger partial charge is 0.399 e. The molecule has 2 nitrogen and oxygen atoms in total. The molecule has 0 atom stereocenters. The molecule has 103 heavy (non-hydrogen) atoms. The fourth-order valence-electron chi connectivity index (χ4n) is 18.1. The topological polar surface area (TPSA) is 38.0 Å². The van der Waals surface area contributed by atoms with E-state index in [1.807, 2.05) is 6.07 Å². The Morgan fingerprint density at radius 3 is 0.660 bits per heavy atom. The fraction of sp³-hybridized carbons (Fsp3) is 0.0400. The van der Waals surface area contributed by atoms with Crippen molar-refractivity contribution in [2.24, 2.45) is 0 Å². The Balaban J connectivity index is 0.000000122. The molecule has 0 aliphatic heterocycles. The van der Waals surface area contributed by atoms with Crippen LogP contribution >= 0.6 is 15.9 Å². The lowest BCUT2D eigenvalue weighted by atomic mass is 9.67. The van der Waals surface area contributed by atoms with Crippen LogP contribution in [-0.2, 0) is 21.7 Å². The lowest BCUT2D eigenvalue weighted by molar-refractivity contribution is 0.768. The highest BCUT2D eigenvalue weighted by atomic mass is 79.9. The first-order chi connectivity index (χ1) is 50.9. The van der Waals surface area contributed by atoms with Gasteiger partial charge < -0.3 is 11.1 Å². The number of rotatable bonds is 10. The summed E-state index contributed by atoms with van der Waals surface area (Å²) in [5.74, 6) is 0. The Morgan fingerprint density at radius 2 is 0.388 bits per heavy atom. The van der Waals surface area contributed by atoms with Gasteiger partial charge in [0.1, 0.15) is 0 Å². The number of nitrogens with one attached hydrogen (secondary N) is 1. The van der Waals surface area contributed by atoms with Crippen molar-refractivity contribution >= 4 is 33.0 Å². The Hall–Kier alpha value is -12.4. The molecular formula is C100H71BrN2. The minimum absolute atomic E-state index is 0.293. The molecule has 0 bridgehead atoms. The van der Waals surface area contributed by atoms with E-state index in [0.717, 1.165) is 21.5 Å². The lowest BCUT2D eigenvalue weighted by Crippen LogP contribution is -2.28. The Morgan fingerprint density at radius 1 is 0.184 bits per heavy atom. The van der Waals surface area contributed by atoms with Crippen molar-refractivity contribution < 1.29 is 0 Å². The molecule has 3 heteroatoms. The van der Waals surface area contributed by atoms with Crippen LogP contribution in [0.15, 0.2) is 417 Å². The molecule has 0 spiro atoms. The summed E-state index contributed by atoms with van der Waals surface area (Å²) in [5, 5.41) is 3.90. The van der Waals surface area contributed by atoms with Gasteiger partial charge in [-0.2, -0.15) is 0 Å². The van der Waals surface area contributed by atoms with Crippen molar-refractivity contribution in [3.63, 3.8) is 0 Å². The minimum atomic E-state index is -0.443. The maximum absolute atomic E-state index is 6.24. The summed E-state index contributed by atoms with van der Waals surface area (Å²) in [6.07, 6.45) is 0. The first-order valence-corrected chi connectivity index (χ1v) is 36.3. The minimum Gasteiger partial charge on any atom is -0.399 e. The quantitative estimate of drug-likeness (QED) is 0.134. The zero-order valence-corrected chi connectivity index (χ0v) is 58.3. The summed E-state index contributed by atoms with van der Waals surface area (Å²) in [4.78, 5) is 0. The normalized spacial score (nSPS) is 14.0. The summed E-state index contributed by atoms with van der Waals surface area (Å²) in [7, 11) is 0. The van der Waals surface area contributed by atoms with E-state index in [0.29, 0.717) is 0 Å². The van der Waals surface area contributed by atoms with Crippen LogP contribution in [0.3, 0.4) is 0 Å². The van der Waals surface area contributed by atoms with E-state index in [9.17, 15) is 0 Å². The summed E-state index contributed by atoms with van der Waals surface area (Å²) in [6.45, 7) is 0. The lowest BCUT2D eigenvalue weighted by Gasteiger charge is -2.34. The summed E-state index contributed by atoms with van der Waals surface area (Å²) < 4.78 is 1.11. The molecule has 4 aliphatic carbocycles. The molecular weight excluding hydrogens is 1310 g/mol. The third kappa shape index (κ3) is 9.90. The van der Waals surface area contributed by atoms with Gasteiger partial charge in [0.25, 0.3) is 0 Å². The molecule has 16 aromatic rings. The van der Waals surface area contributed by atoms with Crippen molar-refractivity contribution in [2.75, 3.05) is 11.1 Å². The number of halogens is 1. The van der Waals surface area contributed by atoms with Gasteiger partial charge in [0.2, 0.25) is 0 Å². The summed E-state index contributed by atoms with van der Waals surface area (Å²) >= 11 is 3.71. The van der Waals surface area contributed by atoms with Crippen molar-refractivity contribution in [1.82, 2.24) is 0 Å². The average Bonchev–Trinajstić information content (AvgIpc) is 1.53. The SMILES string of the molecule is Brc1ccc2c(c1)C(c1ccccc1)(c1ccccc1)c1ccccc1-2.Nc1ccc2c(c1)C(c1ccccc1)(c1ccccc1)c1ccccc1-2.c1ccc(C2(c3ccccc3)c3ccccc3-c3ccc(Nc4ccc5c(c4)C(c4ccccc4)(c4ccccc4)c4ccccc4-5)cc32)cc1. The van der Waals surface area contributed by atoms with E-state index in [4.69, 9.17) is 5.73 Å².